The molecule has 0 fully saturated rings. The lowest BCUT2D eigenvalue weighted by Gasteiger charge is -2.21. The molecular weight excluding hydrogens is 973 g/mol. The number of ether oxygens (including phenoxy) is 8. The number of benzene rings is 1. The number of aromatic nitrogens is 1. The summed E-state index contributed by atoms with van der Waals surface area (Å²) < 4.78 is 76.6. The smallest absolute Gasteiger partial charge is 0.349 e. The number of thiazole rings is 1. The van der Waals surface area contributed by atoms with Gasteiger partial charge >= 0.3 is 11.6 Å². The molecule has 2 heterocycles. The van der Waals surface area contributed by atoms with Gasteiger partial charge in [-0.25, -0.2) is 22.9 Å². The number of aryl methyl sites for hydroxylation is 1. The lowest BCUT2D eigenvalue weighted by molar-refractivity contribution is -0.137. The van der Waals surface area contributed by atoms with Crippen molar-refractivity contribution in [3.8, 4) is 0 Å². The van der Waals surface area contributed by atoms with Crippen molar-refractivity contribution in [2.45, 2.75) is 70.9 Å². The van der Waals surface area contributed by atoms with E-state index in [-0.39, 0.29) is 79.9 Å². The minimum atomic E-state index is -3.83. The first-order valence-electron chi connectivity index (χ1n) is 23.7. The highest BCUT2D eigenvalue weighted by atomic mass is 32.2. The number of hydrogen-bond acceptors (Lipinski definition) is 19. The molecule has 0 saturated carbocycles. The molecule has 2 aromatic heterocycles. The average Bonchev–Trinajstić information content (AvgIpc) is 3.70. The normalized spacial score (nSPS) is 12.0. The Balaban J connectivity index is 1.06. The molecular formula is C46H72N6O17S2. The van der Waals surface area contributed by atoms with Gasteiger partial charge in [0.25, 0.3) is 15.9 Å². The number of amides is 3. The van der Waals surface area contributed by atoms with Crippen molar-refractivity contribution in [1.29, 1.82) is 0 Å². The maximum Gasteiger partial charge on any atom is 0.349 e. The molecule has 23 nitrogen and oxygen atoms in total. The van der Waals surface area contributed by atoms with Crippen molar-refractivity contribution in [2.75, 3.05) is 142 Å². The average molecular weight is 1050 g/mol. The second kappa shape index (κ2) is 35.4. The van der Waals surface area contributed by atoms with Gasteiger partial charge in [0, 0.05) is 67.6 Å². The van der Waals surface area contributed by atoms with Crippen LogP contribution in [0.1, 0.15) is 68.1 Å². The zero-order chi connectivity index (χ0) is 51.7. The van der Waals surface area contributed by atoms with E-state index in [1.807, 2.05) is 26.0 Å². The number of nitrogens with zero attached hydrogens (tertiary/aromatic N) is 2. The van der Waals surface area contributed by atoms with Gasteiger partial charge in [-0.15, -0.1) is 11.3 Å². The quantitative estimate of drug-likeness (QED) is 0.0403. The van der Waals surface area contributed by atoms with Crippen LogP contribution in [0.4, 0.5) is 10.8 Å². The van der Waals surface area contributed by atoms with Crippen LogP contribution in [-0.4, -0.2) is 180 Å². The molecule has 1 atom stereocenters. The molecule has 0 radical (unpaired) electrons. The SMILES string of the molecule is CCN(CC)c1ccc2cc(C(=O)NCCCCC(CC(=O)O)NC(=O)CCOCCOCCOCCOCCOCCOCCOCCOCCNS(=O)(=O)c3nc(NC(C)=O)sc3C)c(=O)oc2c1. The molecule has 0 bridgehead atoms. The fourth-order valence-corrected chi connectivity index (χ4v) is 8.90. The number of sulfonamides is 1. The summed E-state index contributed by atoms with van der Waals surface area (Å²) >= 11 is 1.08. The van der Waals surface area contributed by atoms with Crippen molar-refractivity contribution in [3.05, 3.63) is 45.1 Å². The van der Waals surface area contributed by atoms with Crippen molar-refractivity contribution in [1.82, 2.24) is 20.3 Å². The van der Waals surface area contributed by atoms with Gasteiger partial charge in [0.2, 0.25) is 11.8 Å². The Labute approximate surface area is 418 Å². The molecule has 3 amide bonds. The summed E-state index contributed by atoms with van der Waals surface area (Å²) in [6.07, 6.45) is 1.22. The summed E-state index contributed by atoms with van der Waals surface area (Å²) in [4.78, 5) is 67.1. The number of nitrogens with one attached hydrogen (secondary N) is 4. The molecule has 0 aliphatic carbocycles. The van der Waals surface area contributed by atoms with Crippen LogP contribution < -0.4 is 31.2 Å². The van der Waals surface area contributed by atoms with E-state index in [1.54, 1.807) is 13.0 Å². The van der Waals surface area contributed by atoms with Crippen LogP contribution in [0.25, 0.3) is 11.0 Å². The number of anilines is 2. The van der Waals surface area contributed by atoms with Gasteiger partial charge in [0.15, 0.2) is 10.2 Å². The van der Waals surface area contributed by atoms with E-state index in [0.29, 0.717) is 114 Å². The van der Waals surface area contributed by atoms with Crippen molar-refractivity contribution >= 4 is 66.8 Å². The van der Waals surface area contributed by atoms with E-state index in [4.69, 9.17) is 42.3 Å². The van der Waals surface area contributed by atoms with E-state index in [2.05, 4.69) is 30.6 Å². The molecule has 25 heteroatoms. The van der Waals surface area contributed by atoms with E-state index >= 15 is 0 Å². The molecule has 1 unspecified atom stereocenters. The molecule has 0 saturated heterocycles. The van der Waals surface area contributed by atoms with Gasteiger partial charge in [-0.3, -0.25) is 19.2 Å². The predicted molar refractivity (Wildman–Crippen MR) is 264 cm³/mol. The summed E-state index contributed by atoms with van der Waals surface area (Å²) in [7, 11) is -3.83. The third-order valence-corrected chi connectivity index (χ3v) is 12.6. The molecule has 3 aromatic rings. The van der Waals surface area contributed by atoms with Gasteiger partial charge in [0.1, 0.15) is 11.1 Å². The molecule has 400 valence electrons. The van der Waals surface area contributed by atoms with Crippen molar-refractivity contribution < 1.29 is 75.0 Å². The van der Waals surface area contributed by atoms with Crippen LogP contribution in [0, 0.1) is 6.92 Å². The van der Waals surface area contributed by atoms with E-state index in [1.165, 1.54) is 13.0 Å². The number of unbranched alkanes of at least 4 members (excludes halogenated alkanes) is 1. The Bertz CT molecular complexity index is 2210. The lowest BCUT2D eigenvalue weighted by Crippen LogP contribution is -2.37. The third-order valence-electron chi connectivity index (χ3n) is 10.1. The van der Waals surface area contributed by atoms with Crippen LogP contribution in [0.15, 0.2) is 38.5 Å². The number of aliphatic carboxylic acids is 1. The number of fused-ring (bicyclic) bond motifs is 1. The summed E-state index contributed by atoms with van der Waals surface area (Å²) in [5, 5.41) is 18.0. The molecule has 0 spiro atoms. The van der Waals surface area contributed by atoms with Crippen LogP contribution in [-0.2, 0) is 62.3 Å². The maximum absolute atomic E-state index is 12.8. The second-order valence-electron chi connectivity index (χ2n) is 15.6. The van der Waals surface area contributed by atoms with E-state index < -0.39 is 33.6 Å². The van der Waals surface area contributed by atoms with E-state index in [9.17, 15) is 37.5 Å². The third kappa shape index (κ3) is 25.5. The molecule has 0 aliphatic heterocycles. The highest BCUT2D eigenvalue weighted by Crippen LogP contribution is 2.25. The highest BCUT2D eigenvalue weighted by molar-refractivity contribution is 7.89. The topological polar surface area (TPSA) is 291 Å². The Morgan fingerprint density at radius 2 is 1.30 bits per heavy atom. The van der Waals surface area contributed by atoms with Crippen molar-refractivity contribution in [2.24, 2.45) is 0 Å². The van der Waals surface area contributed by atoms with Gasteiger partial charge in [0.05, 0.1) is 112 Å². The minimum Gasteiger partial charge on any atom is -0.481 e. The Hall–Kier alpha value is -4.67. The lowest BCUT2D eigenvalue weighted by atomic mass is 10.1. The maximum atomic E-state index is 12.8. The molecule has 3 rings (SSSR count). The number of carbonyl (C=O) groups is 4. The summed E-state index contributed by atoms with van der Waals surface area (Å²) in [5.74, 6) is -2.27. The summed E-state index contributed by atoms with van der Waals surface area (Å²) in [5.41, 5.74) is 0.497. The molecule has 0 aliphatic rings. The Kier molecular flexibility index (Phi) is 30.3. The Morgan fingerprint density at radius 3 is 1.82 bits per heavy atom. The largest absolute Gasteiger partial charge is 0.481 e. The number of hydrogen-bond donors (Lipinski definition) is 5. The molecule has 71 heavy (non-hydrogen) atoms. The number of carbonyl (C=O) groups excluding carboxylic acids is 3. The minimum absolute atomic E-state index is 0.0514. The van der Waals surface area contributed by atoms with Crippen LogP contribution >= 0.6 is 11.3 Å². The summed E-state index contributed by atoms with van der Waals surface area (Å²) in [6.45, 7) is 14.3. The van der Waals surface area contributed by atoms with Crippen LogP contribution in [0.2, 0.25) is 0 Å². The summed E-state index contributed by atoms with van der Waals surface area (Å²) in [6, 6.07) is 6.45. The van der Waals surface area contributed by atoms with Crippen LogP contribution in [0.3, 0.4) is 0 Å². The fourth-order valence-electron chi connectivity index (χ4n) is 6.55. The highest BCUT2D eigenvalue weighted by Gasteiger charge is 2.22. The number of rotatable bonds is 42. The van der Waals surface area contributed by atoms with E-state index in [0.717, 1.165) is 30.1 Å². The number of carboxylic acids is 1. The zero-order valence-electron chi connectivity index (χ0n) is 41.3. The monoisotopic (exact) mass is 1040 g/mol. The fraction of sp³-hybridized carbons (Fsp3) is 0.652. The van der Waals surface area contributed by atoms with Gasteiger partial charge < -0.3 is 68.3 Å². The second-order valence-corrected chi connectivity index (χ2v) is 18.4. The van der Waals surface area contributed by atoms with Gasteiger partial charge in [-0.2, -0.15) is 0 Å². The van der Waals surface area contributed by atoms with Crippen molar-refractivity contribution in [3.63, 3.8) is 0 Å². The van der Waals surface area contributed by atoms with Crippen LogP contribution in [0.5, 0.6) is 0 Å². The van der Waals surface area contributed by atoms with Gasteiger partial charge in [-0.1, -0.05) is 0 Å². The zero-order valence-corrected chi connectivity index (χ0v) is 42.9. The Morgan fingerprint density at radius 1 is 0.761 bits per heavy atom. The first-order valence-corrected chi connectivity index (χ1v) is 26.0. The predicted octanol–water partition coefficient (Wildman–Crippen LogP) is 2.72. The first-order chi connectivity index (χ1) is 34.2. The molecule has 5 N–H and O–H groups in total. The standard InChI is InChI=1S/C46H72N6O17S2/c1-5-52(6-2)38-11-10-36-31-39(45(58)69-40(36)33-38)43(57)47-13-8-7-9-37(32-42(55)56)50-41(54)12-15-61-17-19-63-21-23-65-25-27-67-29-30-68-28-26-66-24-22-64-20-18-62-16-14-48-71(59,60)44-34(3)70-46(51-44)49-35(4)53/h10-11,31,33,37,48H,5-9,12-30,32H2,1-4H3,(H,47,57)(H,50,54)(H,55,56)(H,49,51,53). The first kappa shape index (κ1) is 60.6. The number of carboxylic acid groups (broad SMARTS) is 1. The van der Waals surface area contributed by atoms with Gasteiger partial charge in [-0.05, 0) is 58.2 Å². The molecule has 1 aromatic carbocycles.